The van der Waals surface area contributed by atoms with E-state index in [1.165, 1.54) is 4.68 Å². The number of carboxylic acid groups (broad SMARTS) is 1. The minimum absolute atomic E-state index is 0.0604. The van der Waals surface area contributed by atoms with E-state index in [1.807, 2.05) is 43.3 Å². The van der Waals surface area contributed by atoms with Gasteiger partial charge in [0, 0.05) is 30.8 Å². The fourth-order valence-corrected chi connectivity index (χ4v) is 5.14. The van der Waals surface area contributed by atoms with Crippen molar-refractivity contribution in [3.05, 3.63) is 53.7 Å². The second-order valence-corrected chi connectivity index (χ2v) is 14.7. The number of rotatable bonds is 5. The first-order chi connectivity index (χ1) is 16.2. The zero-order chi connectivity index (χ0) is 24.0. The van der Waals surface area contributed by atoms with Gasteiger partial charge in [-0.1, -0.05) is 43.4 Å². The monoisotopic (exact) mass is 476 g/mol. The molecule has 0 spiro atoms. The molecule has 0 bridgehead atoms. The molecule has 3 aromatic heterocycles. The summed E-state index contributed by atoms with van der Waals surface area (Å²) in [7, 11) is -1.73. The van der Waals surface area contributed by atoms with Gasteiger partial charge in [-0.15, -0.1) is 0 Å². The second-order valence-electron chi connectivity index (χ2n) is 9.68. The van der Waals surface area contributed by atoms with Crippen molar-refractivity contribution in [2.45, 2.75) is 26.6 Å². The smallest absolute Gasteiger partial charge is 0.354 e. The highest BCUT2D eigenvalue weighted by molar-refractivity contribution is 6.87. The van der Waals surface area contributed by atoms with Gasteiger partial charge in [0.25, 0.3) is 0 Å². The molecule has 0 radical (unpaired) electrons. The van der Waals surface area contributed by atoms with E-state index in [2.05, 4.69) is 29.6 Å². The number of furan rings is 1. The Morgan fingerprint density at radius 3 is 2.53 bits per heavy atom. The fraction of sp³-hybridized carbons (Fsp3) is 0.320. The molecule has 1 aromatic carbocycles. The van der Waals surface area contributed by atoms with Crippen LogP contribution in [-0.4, -0.2) is 60.2 Å². The number of aromatic nitrogens is 3. The molecule has 176 valence electrons. The molecule has 1 saturated heterocycles. The van der Waals surface area contributed by atoms with Crippen molar-refractivity contribution >= 4 is 36.2 Å². The molecular weight excluding hydrogens is 448 g/mol. The van der Waals surface area contributed by atoms with Crippen LogP contribution in [0.25, 0.3) is 28.2 Å². The molecule has 0 atom stereocenters. The van der Waals surface area contributed by atoms with Gasteiger partial charge >= 0.3 is 5.97 Å². The molecule has 1 aliphatic heterocycles. The number of carboxylic acids is 1. The number of anilines is 1. The van der Waals surface area contributed by atoms with Crippen LogP contribution in [0.2, 0.25) is 19.6 Å². The maximum Gasteiger partial charge on any atom is 0.354 e. The fourth-order valence-electron chi connectivity index (χ4n) is 4.16. The highest BCUT2D eigenvalue weighted by atomic mass is 28.3. The highest BCUT2D eigenvalue weighted by Gasteiger charge is 2.27. The SMILES string of the molecule is Cc1cccc(-c2cc(C(=O)O)n(-c3cc(N4CCOCC4)c4oc([Si](C)(C)C)cc4n3)n2)c1. The summed E-state index contributed by atoms with van der Waals surface area (Å²) in [6.45, 7) is 11.4. The van der Waals surface area contributed by atoms with Crippen LogP contribution >= 0.6 is 0 Å². The van der Waals surface area contributed by atoms with Crippen molar-refractivity contribution in [1.82, 2.24) is 14.8 Å². The number of nitrogens with zero attached hydrogens (tertiary/aromatic N) is 4. The third-order valence-corrected chi connectivity index (χ3v) is 7.72. The molecule has 8 nitrogen and oxygen atoms in total. The lowest BCUT2D eigenvalue weighted by molar-refractivity contribution is 0.0686. The van der Waals surface area contributed by atoms with E-state index >= 15 is 0 Å². The number of carbonyl (C=O) groups is 1. The van der Waals surface area contributed by atoms with Crippen molar-refractivity contribution in [3.8, 4) is 17.1 Å². The minimum Gasteiger partial charge on any atom is -0.477 e. The van der Waals surface area contributed by atoms with Crippen molar-refractivity contribution < 1.29 is 19.1 Å². The molecule has 0 aliphatic carbocycles. The van der Waals surface area contributed by atoms with Crippen LogP contribution in [0.5, 0.6) is 0 Å². The summed E-state index contributed by atoms with van der Waals surface area (Å²) in [5.74, 6) is -0.607. The van der Waals surface area contributed by atoms with Crippen LogP contribution in [0.15, 0.2) is 46.9 Å². The van der Waals surface area contributed by atoms with E-state index in [1.54, 1.807) is 6.07 Å². The Kier molecular flexibility index (Phi) is 5.53. The summed E-state index contributed by atoms with van der Waals surface area (Å²) in [6.07, 6.45) is 0. The Bertz CT molecular complexity index is 1380. The molecule has 0 saturated carbocycles. The third-order valence-electron chi connectivity index (χ3n) is 6.00. The average Bonchev–Trinajstić information content (AvgIpc) is 3.44. The van der Waals surface area contributed by atoms with E-state index in [-0.39, 0.29) is 5.69 Å². The predicted octanol–water partition coefficient (Wildman–Crippen LogP) is 4.07. The summed E-state index contributed by atoms with van der Waals surface area (Å²) >= 11 is 0. The van der Waals surface area contributed by atoms with Crippen LogP contribution in [0.4, 0.5) is 5.69 Å². The number of ether oxygens (including phenoxy) is 1. The van der Waals surface area contributed by atoms with Gasteiger partial charge in [0.15, 0.2) is 17.1 Å². The third kappa shape index (κ3) is 4.12. The van der Waals surface area contributed by atoms with Crippen molar-refractivity contribution in [3.63, 3.8) is 0 Å². The Morgan fingerprint density at radius 1 is 1.09 bits per heavy atom. The normalized spacial score (nSPS) is 14.6. The number of hydrogen-bond donors (Lipinski definition) is 1. The number of fused-ring (bicyclic) bond motifs is 1. The minimum atomic E-state index is -1.73. The molecule has 0 unspecified atom stereocenters. The highest BCUT2D eigenvalue weighted by Crippen LogP contribution is 2.31. The van der Waals surface area contributed by atoms with Crippen molar-refractivity contribution in [2.75, 3.05) is 31.2 Å². The van der Waals surface area contributed by atoms with Gasteiger partial charge in [-0.05, 0) is 19.1 Å². The zero-order valence-corrected chi connectivity index (χ0v) is 20.8. The summed E-state index contributed by atoms with van der Waals surface area (Å²) in [5, 5.41) is 15.6. The number of aryl methyl sites for hydroxylation is 1. The van der Waals surface area contributed by atoms with E-state index < -0.39 is 14.0 Å². The first-order valence-corrected chi connectivity index (χ1v) is 14.9. The van der Waals surface area contributed by atoms with Crippen LogP contribution in [-0.2, 0) is 4.74 Å². The molecule has 0 amide bonds. The summed E-state index contributed by atoms with van der Waals surface area (Å²) in [5.41, 5.74) is 4.91. The lowest BCUT2D eigenvalue weighted by Gasteiger charge is -2.29. The molecule has 9 heteroatoms. The lowest BCUT2D eigenvalue weighted by atomic mass is 10.1. The van der Waals surface area contributed by atoms with Gasteiger partial charge in [0.1, 0.15) is 13.6 Å². The van der Waals surface area contributed by atoms with Crippen molar-refractivity contribution in [2.24, 2.45) is 0 Å². The van der Waals surface area contributed by atoms with E-state index in [4.69, 9.17) is 14.1 Å². The quantitative estimate of drug-likeness (QED) is 0.434. The summed E-state index contributed by atoms with van der Waals surface area (Å²) < 4.78 is 13.3. The largest absolute Gasteiger partial charge is 0.477 e. The van der Waals surface area contributed by atoms with Gasteiger partial charge in [-0.2, -0.15) is 5.10 Å². The van der Waals surface area contributed by atoms with Gasteiger partial charge < -0.3 is 19.2 Å². The van der Waals surface area contributed by atoms with Crippen LogP contribution in [0.1, 0.15) is 16.1 Å². The molecule has 34 heavy (non-hydrogen) atoms. The van der Waals surface area contributed by atoms with Crippen LogP contribution in [0.3, 0.4) is 0 Å². The van der Waals surface area contributed by atoms with Gasteiger partial charge in [0.2, 0.25) is 0 Å². The summed E-state index contributed by atoms with van der Waals surface area (Å²) in [4.78, 5) is 19.2. The van der Waals surface area contributed by atoms with E-state index in [9.17, 15) is 9.90 Å². The average molecular weight is 477 g/mol. The Labute approximate surface area is 198 Å². The maximum absolute atomic E-state index is 12.2. The topological polar surface area (TPSA) is 93.6 Å². The molecule has 4 heterocycles. The van der Waals surface area contributed by atoms with Crippen LogP contribution < -0.4 is 10.3 Å². The van der Waals surface area contributed by atoms with Gasteiger partial charge in [0.05, 0.1) is 30.0 Å². The lowest BCUT2D eigenvalue weighted by Crippen LogP contribution is -2.37. The number of pyridine rings is 1. The summed E-state index contributed by atoms with van der Waals surface area (Å²) in [6, 6.07) is 13.3. The van der Waals surface area contributed by atoms with Gasteiger partial charge in [-0.25, -0.2) is 14.5 Å². The predicted molar refractivity (Wildman–Crippen MR) is 134 cm³/mol. The number of morpholine rings is 1. The molecule has 1 N–H and O–H groups in total. The van der Waals surface area contributed by atoms with Crippen LogP contribution in [0, 0.1) is 6.92 Å². The van der Waals surface area contributed by atoms with E-state index in [0.717, 1.165) is 40.9 Å². The molecule has 1 aliphatic rings. The van der Waals surface area contributed by atoms with E-state index in [0.29, 0.717) is 30.2 Å². The Hall–Kier alpha value is -3.43. The molecule has 4 aromatic rings. The maximum atomic E-state index is 12.2. The second kappa shape index (κ2) is 8.41. The first kappa shape index (κ1) is 22.4. The van der Waals surface area contributed by atoms with Gasteiger partial charge in [-0.3, -0.25) is 0 Å². The molecular formula is C25H28N4O4Si. The van der Waals surface area contributed by atoms with Crippen molar-refractivity contribution in [1.29, 1.82) is 0 Å². The molecule has 1 fully saturated rings. The standard InChI is InChI=1S/C25H28N4O4Si/c1-16-6-5-7-17(12-16)18-13-21(25(30)31)29(27-18)22-15-20(28-8-10-32-11-9-28)24-19(26-22)14-23(33-24)34(2,3)4/h5-7,12-15H,8-11H2,1-4H3,(H,30,31). The zero-order valence-electron chi connectivity index (χ0n) is 19.8. The first-order valence-electron chi connectivity index (χ1n) is 11.4. The number of hydrogen-bond acceptors (Lipinski definition) is 6. The number of aromatic carboxylic acids is 1. The number of benzene rings is 1. The molecule has 5 rings (SSSR count). The Balaban J connectivity index is 1.71. The Morgan fingerprint density at radius 2 is 1.85 bits per heavy atom.